The van der Waals surface area contributed by atoms with Crippen LogP contribution in [0.25, 0.3) is 0 Å². The number of guanidine groups is 1. The van der Waals surface area contributed by atoms with Crippen molar-refractivity contribution in [2.75, 3.05) is 13.2 Å². The molecule has 0 radical (unpaired) electrons. The van der Waals surface area contributed by atoms with Crippen LogP contribution in [-0.4, -0.2) is 37.0 Å². The molecule has 22 heavy (non-hydrogen) atoms. The molecule has 3 rings (SSSR count). The lowest BCUT2D eigenvalue weighted by Gasteiger charge is -2.34. The molecule has 5 nitrogen and oxygen atoms in total. The zero-order valence-corrected chi connectivity index (χ0v) is 15.9. The molecule has 0 aromatic carbocycles. The van der Waals surface area contributed by atoms with Crippen LogP contribution in [0.15, 0.2) is 4.99 Å². The van der Waals surface area contributed by atoms with Gasteiger partial charge >= 0.3 is 0 Å². The molecule has 1 heterocycles. The molecule has 1 unspecified atom stereocenters. The summed E-state index contributed by atoms with van der Waals surface area (Å²) in [5.74, 6) is 1.04. The molecule has 1 atom stereocenters. The number of hydrogen-bond acceptors (Lipinski definition) is 3. The van der Waals surface area contributed by atoms with Gasteiger partial charge < -0.3 is 20.5 Å². The number of ether oxygens (including phenoxy) is 2. The van der Waals surface area contributed by atoms with Crippen LogP contribution in [0.3, 0.4) is 0 Å². The van der Waals surface area contributed by atoms with E-state index in [1.807, 2.05) is 0 Å². The Labute approximate surface area is 150 Å². The van der Waals surface area contributed by atoms with E-state index in [-0.39, 0.29) is 35.9 Å². The largest absolute Gasteiger partial charge is 0.370 e. The summed E-state index contributed by atoms with van der Waals surface area (Å²) in [4.78, 5) is 4.44. The second kappa shape index (κ2) is 8.15. The Balaban J connectivity index is 0.00000176. The van der Waals surface area contributed by atoms with E-state index in [2.05, 4.69) is 17.2 Å². The van der Waals surface area contributed by atoms with E-state index >= 15 is 0 Å². The molecule has 1 aliphatic heterocycles. The molecule has 0 aromatic heterocycles. The third-order valence-corrected chi connectivity index (χ3v) is 5.12. The normalized spacial score (nSPS) is 36.5. The van der Waals surface area contributed by atoms with E-state index in [1.165, 1.54) is 38.5 Å². The lowest BCUT2D eigenvalue weighted by Crippen LogP contribution is -2.39. The van der Waals surface area contributed by atoms with Gasteiger partial charge in [-0.3, -0.25) is 4.99 Å². The maximum absolute atomic E-state index is 6.15. The molecule has 3 aliphatic rings. The van der Waals surface area contributed by atoms with Crippen molar-refractivity contribution in [2.24, 2.45) is 16.6 Å². The van der Waals surface area contributed by atoms with Gasteiger partial charge in [0, 0.05) is 18.9 Å². The van der Waals surface area contributed by atoms with Gasteiger partial charge in [0.25, 0.3) is 0 Å². The first-order valence-electron chi connectivity index (χ1n) is 8.53. The molecule has 1 saturated heterocycles. The van der Waals surface area contributed by atoms with Crippen molar-refractivity contribution in [2.45, 2.75) is 76.2 Å². The molecule has 2 saturated carbocycles. The fraction of sp³-hybridized carbons (Fsp3) is 0.938. The van der Waals surface area contributed by atoms with Gasteiger partial charge in [0.05, 0.1) is 13.2 Å². The topological polar surface area (TPSA) is 68.9 Å². The molecule has 0 amide bonds. The number of nitrogens with zero attached hydrogens (tertiary/aromatic N) is 1. The smallest absolute Gasteiger partial charge is 0.188 e. The molecule has 2 aliphatic carbocycles. The van der Waals surface area contributed by atoms with Crippen molar-refractivity contribution >= 4 is 29.9 Å². The van der Waals surface area contributed by atoms with Crippen molar-refractivity contribution in [3.05, 3.63) is 0 Å². The highest BCUT2D eigenvalue weighted by Gasteiger charge is 2.43. The van der Waals surface area contributed by atoms with Crippen molar-refractivity contribution in [3.63, 3.8) is 0 Å². The van der Waals surface area contributed by atoms with E-state index in [0.29, 0.717) is 25.2 Å². The van der Waals surface area contributed by atoms with Gasteiger partial charge in [-0.25, -0.2) is 0 Å². The summed E-state index contributed by atoms with van der Waals surface area (Å²) >= 11 is 0. The van der Waals surface area contributed by atoms with Gasteiger partial charge in [-0.15, -0.1) is 24.0 Å². The number of halogens is 1. The first-order valence-corrected chi connectivity index (χ1v) is 8.53. The Bertz CT molecular complexity index is 378. The maximum Gasteiger partial charge on any atom is 0.188 e. The Morgan fingerprint density at radius 1 is 1.23 bits per heavy atom. The molecular formula is C16H30IN3O2. The van der Waals surface area contributed by atoms with Crippen LogP contribution in [-0.2, 0) is 9.47 Å². The van der Waals surface area contributed by atoms with Crippen molar-refractivity contribution in [1.82, 2.24) is 5.32 Å². The molecule has 128 valence electrons. The van der Waals surface area contributed by atoms with Crippen LogP contribution in [0.5, 0.6) is 0 Å². The second-order valence-corrected chi connectivity index (χ2v) is 7.00. The third kappa shape index (κ3) is 4.71. The van der Waals surface area contributed by atoms with Gasteiger partial charge in [0.2, 0.25) is 0 Å². The van der Waals surface area contributed by atoms with Gasteiger partial charge in [-0.2, -0.15) is 0 Å². The lowest BCUT2D eigenvalue weighted by molar-refractivity contribution is -0.190. The highest BCUT2D eigenvalue weighted by molar-refractivity contribution is 14.0. The Morgan fingerprint density at radius 2 is 1.91 bits per heavy atom. The van der Waals surface area contributed by atoms with Gasteiger partial charge in [-0.1, -0.05) is 19.8 Å². The number of aliphatic imine (C=N–C) groups is 1. The first-order chi connectivity index (χ1) is 10.2. The van der Waals surface area contributed by atoms with Crippen LogP contribution in [0.1, 0.15) is 58.3 Å². The molecule has 3 fully saturated rings. The average Bonchev–Trinajstić information content (AvgIpc) is 3.11. The summed E-state index contributed by atoms with van der Waals surface area (Å²) in [7, 11) is 0. The second-order valence-electron chi connectivity index (χ2n) is 7.00. The zero-order chi connectivity index (χ0) is 14.7. The van der Waals surface area contributed by atoms with Crippen LogP contribution in [0.2, 0.25) is 0 Å². The summed E-state index contributed by atoms with van der Waals surface area (Å²) in [6.07, 6.45) is 9.50. The van der Waals surface area contributed by atoms with Crippen molar-refractivity contribution in [1.29, 1.82) is 0 Å². The number of nitrogens with two attached hydrogens (primary N) is 1. The number of rotatable bonds is 3. The summed E-state index contributed by atoms with van der Waals surface area (Å²) in [6.45, 7) is 3.55. The van der Waals surface area contributed by atoms with Crippen LogP contribution < -0.4 is 11.1 Å². The minimum atomic E-state index is -0.319. The fourth-order valence-corrected chi connectivity index (χ4v) is 3.70. The lowest BCUT2D eigenvalue weighted by atomic mass is 9.86. The standard InChI is InChI=1S/C16H29N3O2.HI/c1-12-6-8-16(9-7-12)20-11-14(21-16)10-18-15(17)19-13-4-2-3-5-13;/h12-14H,2-11H2,1H3,(H3,17,18,19);1H. The predicted molar refractivity (Wildman–Crippen MR) is 98.5 cm³/mol. The average molecular weight is 423 g/mol. The first kappa shape index (κ1) is 18.3. The molecule has 0 bridgehead atoms. The van der Waals surface area contributed by atoms with Gasteiger partial charge in [0.15, 0.2) is 11.7 Å². The molecule has 0 aromatic rings. The zero-order valence-electron chi connectivity index (χ0n) is 13.6. The van der Waals surface area contributed by atoms with E-state index in [4.69, 9.17) is 15.2 Å². The summed E-state index contributed by atoms with van der Waals surface area (Å²) < 4.78 is 12.1. The Morgan fingerprint density at radius 3 is 2.59 bits per heavy atom. The molecule has 1 spiro atoms. The monoisotopic (exact) mass is 423 g/mol. The molecular weight excluding hydrogens is 393 g/mol. The molecule has 3 N–H and O–H groups in total. The van der Waals surface area contributed by atoms with Crippen LogP contribution in [0.4, 0.5) is 0 Å². The Kier molecular flexibility index (Phi) is 6.76. The maximum atomic E-state index is 6.15. The van der Waals surface area contributed by atoms with Crippen molar-refractivity contribution in [3.8, 4) is 0 Å². The molecule has 6 heteroatoms. The van der Waals surface area contributed by atoms with E-state index in [0.717, 1.165) is 18.8 Å². The minimum absolute atomic E-state index is 0. The van der Waals surface area contributed by atoms with Crippen LogP contribution in [0, 0.1) is 5.92 Å². The number of nitrogens with one attached hydrogen (secondary N) is 1. The third-order valence-electron chi connectivity index (χ3n) is 5.12. The van der Waals surface area contributed by atoms with Gasteiger partial charge in [-0.05, 0) is 31.6 Å². The minimum Gasteiger partial charge on any atom is -0.370 e. The van der Waals surface area contributed by atoms with Gasteiger partial charge in [0.1, 0.15) is 6.10 Å². The van der Waals surface area contributed by atoms with E-state index in [9.17, 15) is 0 Å². The Hall–Kier alpha value is -0.0800. The summed E-state index contributed by atoms with van der Waals surface area (Å²) in [6, 6.07) is 0.515. The quantitative estimate of drug-likeness (QED) is 0.416. The van der Waals surface area contributed by atoms with Crippen LogP contribution >= 0.6 is 24.0 Å². The predicted octanol–water partition coefficient (Wildman–Crippen LogP) is 2.77. The van der Waals surface area contributed by atoms with E-state index < -0.39 is 0 Å². The number of hydrogen-bond donors (Lipinski definition) is 2. The van der Waals surface area contributed by atoms with E-state index in [1.54, 1.807) is 0 Å². The summed E-state index contributed by atoms with van der Waals surface area (Å²) in [5.41, 5.74) is 5.96. The SMILES string of the molecule is CC1CCC2(CC1)OCC(CN=C(N)NC1CCCC1)O2.I. The fourth-order valence-electron chi connectivity index (χ4n) is 3.70. The van der Waals surface area contributed by atoms with Crippen molar-refractivity contribution < 1.29 is 9.47 Å². The highest BCUT2D eigenvalue weighted by atomic mass is 127. The highest BCUT2D eigenvalue weighted by Crippen LogP contribution is 2.39. The summed E-state index contributed by atoms with van der Waals surface area (Å²) in [5, 5.41) is 3.31.